The smallest absolute Gasteiger partial charge is 0.195 e. The Bertz CT molecular complexity index is 912. The quantitative estimate of drug-likeness (QED) is 0.241. The van der Waals surface area contributed by atoms with Crippen molar-refractivity contribution >= 4 is 28.3 Å². The molecule has 0 unspecified atom stereocenters. The van der Waals surface area contributed by atoms with Crippen molar-refractivity contribution in [3.05, 3.63) is 70.9 Å². The number of rotatable bonds is 11. The molecule has 0 bridgehead atoms. The molecule has 0 N–H and O–H groups in total. The maximum absolute atomic E-state index is 13.1. The van der Waals surface area contributed by atoms with Gasteiger partial charge in [-0.15, -0.1) is 0 Å². The molecule has 0 aliphatic rings. The van der Waals surface area contributed by atoms with Crippen LogP contribution in [0, 0.1) is 0 Å². The minimum absolute atomic E-state index is 0.0355. The Morgan fingerprint density at radius 2 is 1.61 bits per heavy atom. The highest BCUT2D eigenvalue weighted by atomic mass is 35.5. The van der Waals surface area contributed by atoms with Crippen molar-refractivity contribution in [1.29, 1.82) is 0 Å². The molecule has 0 aliphatic carbocycles. The number of hydrogen-bond donors (Lipinski definition) is 0. The first kappa shape index (κ1) is 20.7. The number of aryl methyl sites for hydroxylation is 1. The number of halogens is 1. The summed E-state index contributed by atoms with van der Waals surface area (Å²) >= 11 is 6.08. The van der Waals surface area contributed by atoms with Gasteiger partial charge in [0.05, 0.1) is 0 Å². The van der Waals surface area contributed by atoms with Crippen LogP contribution in [0.25, 0.3) is 10.9 Å². The fourth-order valence-electron chi connectivity index (χ4n) is 3.81. The number of nitrogens with zero attached hydrogens (tertiary/aromatic N) is 1. The number of carbonyl (C=O) groups is 1. The Labute approximate surface area is 173 Å². The Morgan fingerprint density at radius 3 is 2.36 bits per heavy atom. The summed E-state index contributed by atoms with van der Waals surface area (Å²) < 4.78 is 2.24. The predicted molar refractivity (Wildman–Crippen MR) is 119 cm³/mol. The third kappa shape index (κ3) is 5.26. The average Bonchev–Trinajstić information content (AvgIpc) is 3.08. The highest BCUT2D eigenvalue weighted by molar-refractivity contribution is 6.31. The summed E-state index contributed by atoms with van der Waals surface area (Å²) in [5, 5.41) is 1.61. The van der Waals surface area contributed by atoms with Gasteiger partial charge in [-0.05, 0) is 24.6 Å². The topological polar surface area (TPSA) is 22.0 Å². The van der Waals surface area contributed by atoms with E-state index in [0.717, 1.165) is 29.4 Å². The lowest BCUT2D eigenvalue weighted by molar-refractivity contribution is 0.104. The molecule has 0 atom stereocenters. The zero-order valence-electron chi connectivity index (χ0n) is 16.8. The Kier molecular flexibility index (Phi) is 7.73. The van der Waals surface area contributed by atoms with E-state index < -0.39 is 0 Å². The van der Waals surface area contributed by atoms with Gasteiger partial charge in [0.15, 0.2) is 5.78 Å². The predicted octanol–water partition coefficient (Wildman–Crippen LogP) is 7.67. The molecule has 0 aliphatic heterocycles. The van der Waals surface area contributed by atoms with E-state index in [2.05, 4.69) is 17.6 Å². The van der Waals surface area contributed by atoms with E-state index in [1.165, 1.54) is 44.9 Å². The van der Waals surface area contributed by atoms with Gasteiger partial charge in [-0.2, -0.15) is 0 Å². The van der Waals surface area contributed by atoms with Crippen LogP contribution in [0.5, 0.6) is 0 Å². The number of benzene rings is 2. The van der Waals surface area contributed by atoms with Crippen molar-refractivity contribution < 1.29 is 4.79 Å². The van der Waals surface area contributed by atoms with Gasteiger partial charge in [-0.1, -0.05) is 93.8 Å². The molecule has 0 saturated carbocycles. The summed E-state index contributed by atoms with van der Waals surface area (Å²) in [7, 11) is 0. The molecule has 1 aromatic heterocycles. The number of fused-ring (bicyclic) bond motifs is 1. The first-order valence-electron chi connectivity index (χ1n) is 10.6. The first-order chi connectivity index (χ1) is 13.7. The van der Waals surface area contributed by atoms with Crippen molar-refractivity contribution in [1.82, 2.24) is 4.57 Å². The monoisotopic (exact) mass is 395 g/mol. The lowest BCUT2D eigenvalue weighted by Crippen LogP contribution is -2.01. The van der Waals surface area contributed by atoms with Crippen molar-refractivity contribution in [3.8, 4) is 0 Å². The van der Waals surface area contributed by atoms with Crippen LogP contribution in [0.15, 0.2) is 54.7 Å². The number of hydrogen-bond acceptors (Lipinski definition) is 1. The van der Waals surface area contributed by atoms with Crippen LogP contribution in [0.1, 0.15) is 74.2 Å². The third-order valence-electron chi connectivity index (χ3n) is 5.37. The molecule has 0 spiro atoms. The van der Waals surface area contributed by atoms with Gasteiger partial charge in [0.25, 0.3) is 0 Å². The minimum atomic E-state index is 0.0355. The molecule has 3 heteroatoms. The highest BCUT2D eigenvalue weighted by Gasteiger charge is 2.16. The second-order valence-electron chi connectivity index (χ2n) is 7.57. The van der Waals surface area contributed by atoms with E-state index in [-0.39, 0.29) is 5.78 Å². The zero-order valence-corrected chi connectivity index (χ0v) is 17.5. The highest BCUT2D eigenvalue weighted by Crippen LogP contribution is 2.25. The van der Waals surface area contributed by atoms with Crippen LogP contribution in [-0.2, 0) is 6.54 Å². The lowest BCUT2D eigenvalue weighted by atomic mass is 10.0. The van der Waals surface area contributed by atoms with Gasteiger partial charge >= 0.3 is 0 Å². The summed E-state index contributed by atoms with van der Waals surface area (Å²) in [6.45, 7) is 3.21. The van der Waals surface area contributed by atoms with E-state index >= 15 is 0 Å². The van der Waals surface area contributed by atoms with Crippen molar-refractivity contribution in [2.45, 2.75) is 64.8 Å². The average molecular weight is 396 g/mol. The Hall–Kier alpha value is -2.06. The Balaban J connectivity index is 1.66. The summed E-state index contributed by atoms with van der Waals surface area (Å²) in [5.41, 5.74) is 2.54. The van der Waals surface area contributed by atoms with Gasteiger partial charge in [-0.25, -0.2) is 0 Å². The van der Waals surface area contributed by atoms with Crippen LogP contribution < -0.4 is 0 Å². The fraction of sp³-hybridized carbons (Fsp3) is 0.400. The summed E-state index contributed by atoms with van der Waals surface area (Å²) in [6, 6.07) is 15.4. The van der Waals surface area contributed by atoms with Gasteiger partial charge in [-0.3, -0.25) is 4.79 Å². The van der Waals surface area contributed by atoms with Crippen LogP contribution in [0.2, 0.25) is 5.02 Å². The molecular formula is C25H30ClNO. The zero-order chi connectivity index (χ0) is 19.8. The molecule has 3 rings (SSSR count). The number of carbonyl (C=O) groups excluding carboxylic acids is 1. The molecule has 2 aromatic carbocycles. The second kappa shape index (κ2) is 10.5. The second-order valence-corrected chi connectivity index (χ2v) is 8.00. The number of para-hydroxylation sites is 1. The molecule has 1 heterocycles. The largest absolute Gasteiger partial charge is 0.347 e. The third-order valence-corrected chi connectivity index (χ3v) is 5.61. The molecular weight excluding hydrogens is 366 g/mol. The van der Waals surface area contributed by atoms with E-state index in [0.29, 0.717) is 10.6 Å². The van der Waals surface area contributed by atoms with E-state index in [1.807, 2.05) is 36.5 Å². The molecule has 2 nitrogen and oxygen atoms in total. The number of unbranched alkanes of at least 4 members (excludes halogenated alkanes) is 7. The lowest BCUT2D eigenvalue weighted by Gasteiger charge is -2.05. The minimum Gasteiger partial charge on any atom is -0.347 e. The van der Waals surface area contributed by atoms with Gasteiger partial charge in [0.1, 0.15) is 0 Å². The number of aromatic nitrogens is 1. The van der Waals surface area contributed by atoms with Crippen LogP contribution in [-0.4, -0.2) is 10.4 Å². The number of ketones is 1. The van der Waals surface area contributed by atoms with E-state index in [4.69, 9.17) is 11.6 Å². The summed E-state index contributed by atoms with van der Waals surface area (Å²) in [6.07, 6.45) is 12.5. The van der Waals surface area contributed by atoms with E-state index in [9.17, 15) is 4.79 Å². The van der Waals surface area contributed by atoms with Crippen molar-refractivity contribution in [2.75, 3.05) is 0 Å². The van der Waals surface area contributed by atoms with E-state index in [1.54, 1.807) is 12.1 Å². The van der Waals surface area contributed by atoms with Gasteiger partial charge in [0.2, 0.25) is 0 Å². The summed E-state index contributed by atoms with van der Waals surface area (Å²) in [4.78, 5) is 13.1. The molecule has 0 radical (unpaired) electrons. The van der Waals surface area contributed by atoms with Gasteiger partial charge < -0.3 is 4.57 Å². The van der Waals surface area contributed by atoms with Crippen molar-refractivity contribution in [2.24, 2.45) is 0 Å². The normalized spacial score (nSPS) is 11.2. The molecule has 3 aromatic rings. The molecule has 0 amide bonds. The fourth-order valence-corrected chi connectivity index (χ4v) is 4.00. The molecule has 148 valence electrons. The Morgan fingerprint density at radius 1 is 0.893 bits per heavy atom. The maximum atomic E-state index is 13.1. The summed E-state index contributed by atoms with van der Waals surface area (Å²) in [5.74, 6) is 0.0355. The molecule has 0 saturated heterocycles. The van der Waals surface area contributed by atoms with Crippen LogP contribution in [0.3, 0.4) is 0 Å². The molecule has 0 fully saturated rings. The maximum Gasteiger partial charge on any atom is 0.195 e. The van der Waals surface area contributed by atoms with Crippen molar-refractivity contribution in [3.63, 3.8) is 0 Å². The van der Waals surface area contributed by atoms with Gasteiger partial charge in [0, 0.05) is 39.8 Å². The standard InChI is InChI=1S/C25H30ClNO/c1-2-3-4-5-6-7-8-11-17-27-19-23(22-15-9-10-16-24(22)27)25(28)20-13-12-14-21(26)18-20/h9-10,12-16,18-19H,2-8,11,17H2,1H3. The molecule has 28 heavy (non-hydrogen) atoms. The van der Waals surface area contributed by atoms with Crippen LogP contribution in [0.4, 0.5) is 0 Å². The SMILES string of the molecule is CCCCCCCCCCn1cc(C(=O)c2cccc(Cl)c2)c2ccccc21. The first-order valence-corrected chi connectivity index (χ1v) is 11.0. The van der Waals surface area contributed by atoms with Crippen LogP contribution >= 0.6 is 11.6 Å².